The fraction of sp³-hybridized carbons (Fsp3) is 0.0513. The normalized spacial score (nSPS) is 13.9. The minimum absolute atomic E-state index is 0.0598. The summed E-state index contributed by atoms with van der Waals surface area (Å²) in [5, 5.41) is 14.8. The first-order valence-corrected chi connectivity index (χ1v) is 28.2. The maximum absolute atomic E-state index is 2.64. The Kier molecular flexibility index (Phi) is 11.9. The summed E-state index contributed by atoms with van der Waals surface area (Å²) in [6, 6.07) is 98.9. The molecule has 80 heavy (non-hydrogen) atoms. The lowest BCUT2D eigenvalue weighted by molar-refractivity contribution is 0.787. The zero-order valence-electron chi connectivity index (χ0n) is 44.4. The first kappa shape index (κ1) is 47.2. The molecule has 1 atom stereocenters. The predicted octanol–water partition coefficient (Wildman–Crippen LogP) is 19.8. The van der Waals surface area contributed by atoms with Crippen LogP contribution in [0.25, 0.3) is 105 Å². The van der Waals surface area contributed by atoms with Crippen LogP contribution in [0.2, 0.25) is 0 Å². The molecule has 2 aliphatic rings. The number of nitrogens with zero attached hydrogens (tertiary/aromatic N) is 2. The molecule has 0 saturated heterocycles. The van der Waals surface area contributed by atoms with Gasteiger partial charge in [0.15, 0.2) is 0 Å². The number of hydrogen-bond acceptors (Lipinski definition) is 2. The molecule has 2 heteroatoms. The summed E-state index contributed by atoms with van der Waals surface area (Å²) in [5.41, 5.74) is 15.6. The second-order valence-electron chi connectivity index (χ2n) is 21.3. The van der Waals surface area contributed by atoms with Crippen LogP contribution < -0.4 is 20.2 Å². The summed E-state index contributed by atoms with van der Waals surface area (Å²) in [4.78, 5) is 5.20. The highest BCUT2D eigenvalue weighted by Crippen LogP contribution is 2.48. The van der Waals surface area contributed by atoms with Gasteiger partial charge in [0.05, 0.1) is 17.4 Å². The Balaban J connectivity index is 0.986. The molecule has 13 aromatic rings. The van der Waals surface area contributed by atoms with E-state index in [0.717, 1.165) is 30.6 Å². The molecule has 0 aromatic heterocycles. The van der Waals surface area contributed by atoms with Crippen LogP contribution in [0.4, 0.5) is 28.4 Å². The standard InChI is InChI=1S/C78H56N2/c1-4-20-53(21-5-1)57-40-44-64(45-41-57)79(65-46-42-58(43-47-65)54-22-6-2-7-23-54)77-70-32-16-18-34-72(70)78(73-35-19-17-33-71(73)77)80(63-28-8-3-9-29-63)66-48-49-69-74(52-66)76(62-39-37-56-25-11-13-27-60(56)51-62)68-31-15-14-30-67(68)75(69)61-38-36-55-24-10-12-26-59(55)50-61/h1-16,18,20-46,48-52,65H,17,19,47H2. The van der Waals surface area contributed by atoms with Gasteiger partial charge >= 0.3 is 0 Å². The number of para-hydroxylation sites is 1. The lowest BCUT2D eigenvalue weighted by Gasteiger charge is -2.36. The molecular formula is C78H56N2. The van der Waals surface area contributed by atoms with Crippen LogP contribution >= 0.6 is 0 Å². The van der Waals surface area contributed by atoms with E-state index in [1.807, 2.05) is 0 Å². The highest BCUT2D eigenvalue weighted by atomic mass is 15.2. The zero-order chi connectivity index (χ0) is 52.9. The Morgan fingerprint density at radius 3 is 1.36 bits per heavy atom. The van der Waals surface area contributed by atoms with Gasteiger partial charge in [-0.25, -0.2) is 0 Å². The Labute approximate surface area is 467 Å². The van der Waals surface area contributed by atoms with Crippen LogP contribution in [-0.4, -0.2) is 6.04 Å². The largest absolute Gasteiger partial charge is 0.333 e. The number of allylic oxidation sites excluding steroid dienone is 2. The summed E-state index contributed by atoms with van der Waals surface area (Å²) in [5.74, 6) is 0. The van der Waals surface area contributed by atoms with E-state index in [1.54, 1.807) is 0 Å². The third-order valence-corrected chi connectivity index (χ3v) is 16.7. The lowest BCUT2D eigenvalue weighted by Crippen LogP contribution is -2.41. The van der Waals surface area contributed by atoms with Crippen molar-refractivity contribution in [2.45, 2.75) is 25.3 Å². The summed E-state index contributed by atoms with van der Waals surface area (Å²) in [7, 11) is 0. The fourth-order valence-electron chi connectivity index (χ4n) is 13.0. The monoisotopic (exact) mass is 1020 g/mol. The van der Waals surface area contributed by atoms with Crippen molar-refractivity contribution in [3.8, 4) is 33.4 Å². The Bertz CT molecular complexity index is 4730. The van der Waals surface area contributed by atoms with Gasteiger partial charge in [-0.1, -0.05) is 249 Å². The zero-order valence-corrected chi connectivity index (χ0v) is 44.4. The molecular weight excluding hydrogens is 965 g/mol. The van der Waals surface area contributed by atoms with Crippen LogP contribution in [0.1, 0.15) is 24.8 Å². The first-order valence-electron chi connectivity index (χ1n) is 28.2. The molecule has 2 aliphatic carbocycles. The van der Waals surface area contributed by atoms with Crippen molar-refractivity contribution in [2.24, 2.45) is 0 Å². The first-order chi connectivity index (χ1) is 39.7. The van der Waals surface area contributed by atoms with E-state index >= 15 is 0 Å². The maximum atomic E-state index is 2.64. The van der Waals surface area contributed by atoms with E-state index in [1.165, 1.54) is 126 Å². The van der Waals surface area contributed by atoms with Crippen molar-refractivity contribution in [1.82, 2.24) is 0 Å². The summed E-state index contributed by atoms with van der Waals surface area (Å²) in [6.07, 6.45) is 15.0. The third kappa shape index (κ3) is 8.27. The van der Waals surface area contributed by atoms with Crippen LogP contribution in [0.5, 0.6) is 0 Å². The van der Waals surface area contributed by atoms with Crippen molar-refractivity contribution in [1.29, 1.82) is 0 Å². The quantitative estimate of drug-likeness (QED) is 0.0995. The van der Waals surface area contributed by atoms with Gasteiger partial charge in [0, 0.05) is 38.3 Å². The maximum Gasteiger partial charge on any atom is 0.0616 e. The molecule has 0 heterocycles. The van der Waals surface area contributed by atoms with E-state index in [4.69, 9.17) is 0 Å². The molecule has 0 aliphatic heterocycles. The number of anilines is 5. The molecule has 0 saturated carbocycles. The molecule has 0 bridgehead atoms. The average molecular weight is 1020 g/mol. The summed E-state index contributed by atoms with van der Waals surface area (Å²) in [6.45, 7) is 0. The smallest absolute Gasteiger partial charge is 0.0616 e. The SMILES string of the molecule is C1=CC(N(c2ccc(-c3ccccc3)cc2)c2c3c(c(N(c4ccccc4)c4ccc5c(-c6ccc7ccccc7c6)c6ccccc6c(-c6ccc7ccccc7c6)c5c4)c4ccccc24)=CCCC=3)CC=C1c1ccccc1. The molecule has 0 N–H and O–H groups in total. The molecule has 0 fully saturated rings. The Morgan fingerprint density at radius 2 is 0.762 bits per heavy atom. The van der Waals surface area contributed by atoms with Crippen LogP contribution in [0.3, 0.4) is 0 Å². The van der Waals surface area contributed by atoms with Gasteiger partial charge in [0.1, 0.15) is 0 Å². The summed E-state index contributed by atoms with van der Waals surface area (Å²) >= 11 is 0. The third-order valence-electron chi connectivity index (χ3n) is 16.7. The van der Waals surface area contributed by atoms with Crippen molar-refractivity contribution >= 4 is 100 Å². The second-order valence-corrected chi connectivity index (χ2v) is 21.3. The Hall–Kier alpha value is -10.0. The highest BCUT2D eigenvalue weighted by Gasteiger charge is 2.29. The number of hydrogen-bond donors (Lipinski definition) is 0. The van der Waals surface area contributed by atoms with E-state index < -0.39 is 0 Å². The molecule has 13 aromatic carbocycles. The highest BCUT2D eigenvalue weighted by molar-refractivity contribution is 6.23. The van der Waals surface area contributed by atoms with E-state index in [2.05, 4.69) is 307 Å². The number of fused-ring (bicyclic) bond motifs is 6. The fourth-order valence-corrected chi connectivity index (χ4v) is 13.0. The lowest BCUT2D eigenvalue weighted by atomic mass is 9.85. The minimum Gasteiger partial charge on any atom is -0.333 e. The van der Waals surface area contributed by atoms with E-state index in [9.17, 15) is 0 Å². The molecule has 0 radical (unpaired) electrons. The van der Waals surface area contributed by atoms with E-state index in [-0.39, 0.29) is 6.04 Å². The minimum atomic E-state index is 0.0598. The predicted molar refractivity (Wildman–Crippen MR) is 343 cm³/mol. The van der Waals surface area contributed by atoms with Crippen LogP contribution in [0.15, 0.2) is 285 Å². The Morgan fingerprint density at radius 1 is 0.300 bits per heavy atom. The number of rotatable bonds is 10. The van der Waals surface area contributed by atoms with Gasteiger partial charge in [-0.3, -0.25) is 0 Å². The average Bonchev–Trinajstić information content (AvgIpc) is 3.69. The molecule has 2 nitrogen and oxygen atoms in total. The van der Waals surface area contributed by atoms with Gasteiger partial charge < -0.3 is 9.80 Å². The summed E-state index contributed by atoms with van der Waals surface area (Å²) < 4.78 is 0. The van der Waals surface area contributed by atoms with E-state index in [0.29, 0.717) is 0 Å². The second kappa shape index (κ2) is 20.1. The van der Waals surface area contributed by atoms with Crippen molar-refractivity contribution in [3.05, 3.63) is 301 Å². The van der Waals surface area contributed by atoms with Gasteiger partial charge in [0.2, 0.25) is 0 Å². The van der Waals surface area contributed by atoms with Gasteiger partial charge in [-0.15, -0.1) is 0 Å². The van der Waals surface area contributed by atoms with Crippen molar-refractivity contribution in [2.75, 3.05) is 9.80 Å². The molecule has 378 valence electrons. The number of benzene rings is 13. The molecule has 0 amide bonds. The molecule has 15 rings (SSSR count). The van der Waals surface area contributed by atoms with Crippen LogP contribution in [-0.2, 0) is 0 Å². The van der Waals surface area contributed by atoms with Gasteiger partial charge in [0.25, 0.3) is 0 Å². The van der Waals surface area contributed by atoms with Crippen molar-refractivity contribution < 1.29 is 0 Å². The van der Waals surface area contributed by atoms with Crippen molar-refractivity contribution in [3.63, 3.8) is 0 Å². The molecule has 1 unspecified atom stereocenters. The topological polar surface area (TPSA) is 6.48 Å². The van der Waals surface area contributed by atoms with Gasteiger partial charge in [-0.05, 0) is 155 Å². The van der Waals surface area contributed by atoms with Gasteiger partial charge in [-0.2, -0.15) is 0 Å². The molecule has 0 spiro atoms. The van der Waals surface area contributed by atoms with Crippen LogP contribution in [0, 0.1) is 0 Å².